The van der Waals surface area contributed by atoms with E-state index >= 15 is 0 Å². The first kappa shape index (κ1) is 11.0. The molecule has 14 heavy (non-hydrogen) atoms. The summed E-state index contributed by atoms with van der Waals surface area (Å²) in [6.45, 7) is 1.70. The fraction of sp³-hybridized carbons (Fsp3) is 0.300. The zero-order valence-electron chi connectivity index (χ0n) is 7.79. The minimum Gasteiger partial charge on any atom is -0.481 e. The van der Waals surface area contributed by atoms with E-state index in [1.165, 1.54) is 17.8 Å². The van der Waals surface area contributed by atoms with Crippen LogP contribution in [0, 0.1) is 12.7 Å². The quantitative estimate of drug-likeness (QED) is 0.783. The molecule has 0 saturated heterocycles. The Bertz CT molecular complexity index is 339. The van der Waals surface area contributed by atoms with Gasteiger partial charge >= 0.3 is 5.97 Å². The van der Waals surface area contributed by atoms with Crippen molar-refractivity contribution >= 4 is 17.7 Å². The predicted molar refractivity (Wildman–Crippen MR) is 54.1 cm³/mol. The van der Waals surface area contributed by atoms with E-state index in [9.17, 15) is 9.18 Å². The number of aryl methyl sites for hydroxylation is 1. The second-order valence-electron chi connectivity index (χ2n) is 2.90. The van der Waals surface area contributed by atoms with E-state index in [2.05, 4.69) is 0 Å². The highest BCUT2D eigenvalue weighted by Gasteiger charge is 2.01. The summed E-state index contributed by atoms with van der Waals surface area (Å²) in [6.07, 6.45) is 0.0974. The van der Waals surface area contributed by atoms with Gasteiger partial charge in [0, 0.05) is 10.6 Å². The Morgan fingerprint density at radius 3 is 2.86 bits per heavy atom. The second-order valence-corrected chi connectivity index (χ2v) is 4.07. The lowest BCUT2D eigenvalue weighted by Gasteiger charge is -2.01. The number of rotatable bonds is 4. The SMILES string of the molecule is Cc1ccc(SCCC(=O)O)cc1F. The standard InChI is InChI=1S/C10H11FO2S/c1-7-2-3-8(6-9(7)11)14-5-4-10(12)13/h2-3,6H,4-5H2,1H3,(H,12,13). The summed E-state index contributed by atoms with van der Waals surface area (Å²) in [5, 5.41) is 8.40. The fourth-order valence-corrected chi connectivity index (χ4v) is 1.78. The number of hydrogen-bond donors (Lipinski definition) is 1. The maximum atomic E-state index is 13.0. The van der Waals surface area contributed by atoms with Gasteiger partial charge < -0.3 is 5.11 Å². The predicted octanol–water partition coefficient (Wildman–Crippen LogP) is 2.70. The minimum absolute atomic E-state index is 0.0974. The highest BCUT2D eigenvalue weighted by Crippen LogP contribution is 2.21. The van der Waals surface area contributed by atoms with E-state index in [0.29, 0.717) is 11.3 Å². The molecule has 0 unspecified atom stereocenters. The molecule has 0 aromatic heterocycles. The second kappa shape index (κ2) is 5.00. The van der Waals surface area contributed by atoms with Gasteiger partial charge in [-0.3, -0.25) is 4.79 Å². The van der Waals surface area contributed by atoms with Gasteiger partial charge in [-0.25, -0.2) is 4.39 Å². The number of carboxylic acids is 1. The summed E-state index contributed by atoms with van der Waals surface area (Å²) in [6, 6.07) is 4.92. The number of halogens is 1. The molecule has 0 aliphatic heterocycles. The van der Waals surface area contributed by atoms with Crippen LogP contribution in [-0.2, 0) is 4.79 Å². The molecule has 0 radical (unpaired) electrons. The average Bonchev–Trinajstić information content (AvgIpc) is 2.10. The minimum atomic E-state index is -0.829. The molecule has 1 aromatic rings. The molecular formula is C10H11FO2S. The third kappa shape index (κ3) is 3.38. The van der Waals surface area contributed by atoms with Gasteiger partial charge in [0.15, 0.2) is 0 Å². The first-order valence-electron chi connectivity index (χ1n) is 4.20. The average molecular weight is 214 g/mol. The van der Waals surface area contributed by atoms with Gasteiger partial charge in [-0.2, -0.15) is 0 Å². The molecule has 0 saturated carbocycles. The van der Waals surface area contributed by atoms with Crippen molar-refractivity contribution in [2.45, 2.75) is 18.2 Å². The van der Waals surface area contributed by atoms with Crippen molar-refractivity contribution in [3.05, 3.63) is 29.6 Å². The number of hydrogen-bond acceptors (Lipinski definition) is 2. The molecule has 1 aromatic carbocycles. The number of aliphatic carboxylic acids is 1. The van der Waals surface area contributed by atoms with Crippen LogP contribution in [0.4, 0.5) is 4.39 Å². The first-order chi connectivity index (χ1) is 6.59. The Morgan fingerprint density at radius 2 is 2.29 bits per heavy atom. The highest BCUT2D eigenvalue weighted by molar-refractivity contribution is 7.99. The van der Waals surface area contributed by atoms with E-state index in [4.69, 9.17) is 5.11 Å². The summed E-state index contributed by atoms with van der Waals surface area (Å²) < 4.78 is 13.0. The Morgan fingerprint density at radius 1 is 1.57 bits per heavy atom. The zero-order chi connectivity index (χ0) is 10.6. The van der Waals surface area contributed by atoms with E-state index in [0.717, 1.165) is 4.90 Å². The maximum absolute atomic E-state index is 13.0. The van der Waals surface area contributed by atoms with Crippen molar-refractivity contribution < 1.29 is 14.3 Å². The van der Waals surface area contributed by atoms with Crippen LogP contribution in [0.5, 0.6) is 0 Å². The molecule has 0 aliphatic carbocycles. The monoisotopic (exact) mass is 214 g/mol. The summed E-state index contributed by atoms with van der Waals surface area (Å²) in [7, 11) is 0. The fourth-order valence-electron chi connectivity index (χ4n) is 0.920. The van der Waals surface area contributed by atoms with Crippen LogP contribution in [0.3, 0.4) is 0 Å². The van der Waals surface area contributed by atoms with Crippen molar-refractivity contribution in [1.82, 2.24) is 0 Å². The maximum Gasteiger partial charge on any atom is 0.304 e. The summed E-state index contributed by atoms with van der Waals surface area (Å²) >= 11 is 1.35. The Kier molecular flexibility index (Phi) is 3.95. The number of thioether (sulfide) groups is 1. The van der Waals surface area contributed by atoms with Crippen LogP contribution in [0.25, 0.3) is 0 Å². The number of benzene rings is 1. The number of carboxylic acid groups (broad SMARTS) is 1. The molecular weight excluding hydrogens is 203 g/mol. The molecule has 0 fully saturated rings. The molecule has 1 N–H and O–H groups in total. The van der Waals surface area contributed by atoms with Crippen molar-refractivity contribution in [2.75, 3.05) is 5.75 Å². The van der Waals surface area contributed by atoms with Crippen LogP contribution < -0.4 is 0 Å². The van der Waals surface area contributed by atoms with Crippen LogP contribution in [0.15, 0.2) is 23.1 Å². The largest absolute Gasteiger partial charge is 0.481 e. The van der Waals surface area contributed by atoms with E-state index in [1.807, 2.05) is 0 Å². The number of carbonyl (C=O) groups is 1. The van der Waals surface area contributed by atoms with Gasteiger partial charge in [0.1, 0.15) is 5.82 Å². The van der Waals surface area contributed by atoms with E-state index < -0.39 is 5.97 Å². The van der Waals surface area contributed by atoms with Gasteiger partial charge in [-0.1, -0.05) is 6.07 Å². The zero-order valence-corrected chi connectivity index (χ0v) is 8.60. The molecule has 0 heterocycles. The summed E-state index contributed by atoms with van der Waals surface area (Å²) in [4.78, 5) is 11.0. The molecule has 76 valence electrons. The Labute approximate surface area is 86.1 Å². The Hall–Kier alpha value is -1.03. The van der Waals surface area contributed by atoms with Gasteiger partial charge in [0.05, 0.1) is 6.42 Å². The summed E-state index contributed by atoms with van der Waals surface area (Å²) in [5.74, 6) is -0.604. The van der Waals surface area contributed by atoms with Gasteiger partial charge in [-0.15, -0.1) is 11.8 Å². The van der Waals surface area contributed by atoms with Crippen LogP contribution in [-0.4, -0.2) is 16.8 Å². The van der Waals surface area contributed by atoms with Crippen LogP contribution in [0.1, 0.15) is 12.0 Å². The highest BCUT2D eigenvalue weighted by atomic mass is 32.2. The van der Waals surface area contributed by atoms with Crippen molar-refractivity contribution in [3.8, 4) is 0 Å². The van der Waals surface area contributed by atoms with Gasteiger partial charge in [-0.05, 0) is 24.6 Å². The summed E-state index contributed by atoms with van der Waals surface area (Å²) in [5.41, 5.74) is 0.604. The molecule has 0 aliphatic rings. The van der Waals surface area contributed by atoms with E-state index in [-0.39, 0.29) is 12.2 Å². The van der Waals surface area contributed by atoms with Crippen molar-refractivity contribution in [1.29, 1.82) is 0 Å². The lowest BCUT2D eigenvalue weighted by Crippen LogP contribution is -1.95. The molecule has 0 amide bonds. The van der Waals surface area contributed by atoms with Gasteiger partial charge in [0.2, 0.25) is 0 Å². The van der Waals surface area contributed by atoms with Gasteiger partial charge in [0.25, 0.3) is 0 Å². The van der Waals surface area contributed by atoms with Crippen molar-refractivity contribution in [2.24, 2.45) is 0 Å². The van der Waals surface area contributed by atoms with Crippen molar-refractivity contribution in [3.63, 3.8) is 0 Å². The smallest absolute Gasteiger partial charge is 0.304 e. The lowest BCUT2D eigenvalue weighted by atomic mass is 10.2. The third-order valence-corrected chi connectivity index (χ3v) is 2.72. The molecule has 2 nitrogen and oxygen atoms in total. The lowest BCUT2D eigenvalue weighted by molar-refractivity contribution is -0.136. The topological polar surface area (TPSA) is 37.3 Å². The molecule has 0 spiro atoms. The molecule has 1 rings (SSSR count). The Balaban J connectivity index is 2.51. The van der Waals surface area contributed by atoms with Crippen LogP contribution in [0.2, 0.25) is 0 Å². The molecule has 4 heteroatoms. The van der Waals surface area contributed by atoms with E-state index in [1.54, 1.807) is 19.1 Å². The van der Waals surface area contributed by atoms with Crippen LogP contribution >= 0.6 is 11.8 Å². The first-order valence-corrected chi connectivity index (χ1v) is 5.19. The molecule has 0 atom stereocenters. The molecule has 0 bridgehead atoms. The third-order valence-electron chi connectivity index (χ3n) is 1.73. The normalized spacial score (nSPS) is 10.1.